The van der Waals surface area contributed by atoms with Crippen LogP contribution in [0.1, 0.15) is 36.9 Å². The van der Waals surface area contributed by atoms with Crippen molar-refractivity contribution in [3.05, 3.63) is 23.3 Å². The zero-order valence-corrected chi connectivity index (χ0v) is 11.1. The number of benzene rings is 1. The maximum Gasteiger partial charge on any atom is 0.325 e. The van der Waals surface area contributed by atoms with Crippen molar-refractivity contribution in [1.82, 2.24) is 0 Å². The van der Waals surface area contributed by atoms with Crippen molar-refractivity contribution >= 4 is 5.97 Å². The van der Waals surface area contributed by atoms with E-state index in [1.165, 1.54) is 7.11 Å². The van der Waals surface area contributed by atoms with E-state index in [1.807, 2.05) is 13.8 Å². The highest BCUT2D eigenvalue weighted by Crippen LogP contribution is 2.39. The number of ether oxygens (including phenoxy) is 2. The molecule has 1 unspecified atom stereocenters. The molecule has 1 aromatic rings. The summed E-state index contributed by atoms with van der Waals surface area (Å²) in [6.07, 6.45) is 0. The second-order valence-electron chi connectivity index (χ2n) is 4.27. The van der Waals surface area contributed by atoms with E-state index in [4.69, 9.17) is 20.3 Å². The number of nitrogens with two attached hydrogens (primary N) is 1. The normalized spacial score (nSPS) is 12.3. The van der Waals surface area contributed by atoms with Crippen molar-refractivity contribution in [3.63, 3.8) is 0 Å². The van der Waals surface area contributed by atoms with Crippen LogP contribution in [0.4, 0.5) is 0 Å². The third-order valence-electron chi connectivity index (χ3n) is 2.79. The van der Waals surface area contributed by atoms with Gasteiger partial charge in [0.15, 0.2) is 0 Å². The van der Waals surface area contributed by atoms with E-state index in [9.17, 15) is 4.79 Å². The van der Waals surface area contributed by atoms with Crippen LogP contribution in [0.2, 0.25) is 0 Å². The van der Waals surface area contributed by atoms with Gasteiger partial charge in [0.25, 0.3) is 0 Å². The quantitative estimate of drug-likeness (QED) is 0.837. The minimum Gasteiger partial charge on any atom is -0.496 e. The second-order valence-corrected chi connectivity index (χ2v) is 4.27. The molecule has 5 nitrogen and oxygen atoms in total. The molecule has 5 heteroatoms. The molecule has 0 saturated carbocycles. The number of carbonyl (C=O) groups is 1. The molecule has 0 aliphatic rings. The summed E-state index contributed by atoms with van der Waals surface area (Å²) in [7, 11) is 3.07. The minimum atomic E-state index is -1.11. The third kappa shape index (κ3) is 2.56. The molecule has 0 fully saturated rings. The predicted molar refractivity (Wildman–Crippen MR) is 68.2 cm³/mol. The van der Waals surface area contributed by atoms with Gasteiger partial charge in [-0.25, -0.2) is 0 Å². The Balaban J connectivity index is 3.47. The molecule has 0 radical (unpaired) electrons. The van der Waals surface area contributed by atoms with E-state index < -0.39 is 12.0 Å². The van der Waals surface area contributed by atoms with Gasteiger partial charge in [-0.1, -0.05) is 13.8 Å². The lowest BCUT2D eigenvalue weighted by molar-refractivity contribution is -0.138. The molecule has 0 spiro atoms. The Morgan fingerprint density at radius 3 is 2.28 bits per heavy atom. The molecule has 18 heavy (non-hydrogen) atoms. The third-order valence-corrected chi connectivity index (χ3v) is 2.79. The van der Waals surface area contributed by atoms with Crippen molar-refractivity contribution in [2.45, 2.75) is 25.8 Å². The van der Waals surface area contributed by atoms with E-state index in [-0.39, 0.29) is 5.92 Å². The van der Waals surface area contributed by atoms with Gasteiger partial charge in [-0.15, -0.1) is 0 Å². The molecule has 1 atom stereocenters. The molecule has 0 aliphatic carbocycles. The van der Waals surface area contributed by atoms with Crippen LogP contribution in [0.15, 0.2) is 12.1 Å². The summed E-state index contributed by atoms with van der Waals surface area (Å²) in [5.41, 5.74) is 6.94. The zero-order chi connectivity index (χ0) is 13.9. The number of rotatable bonds is 5. The minimum absolute atomic E-state index is 0.135. The SMILES string of the molecule is COc1ccc(C(N)C(=O)O)c(OC)c1C(C)C. The van der Waals surface area contributed by atoms with Gasteiger partial charge >= 0.3 is 5.97 Å². The fraction of sp³-hybridized carbons (Fsp3) is 0.462. The molecule has 100 valence electrons. The fourth-order valence-electron chi connectivity index (χ4n) is 1.93. The van der Waals surface area contributed by atoms with Crippen LogP contribution in [-0.4, -0.2) is 25.3 Å². The van der Waals surface area contributed by atoms with E-state index in [1.54, 1.807) is 19.2 Å². The Hall–Kier alpha value is -1.75. The Morgan fingerprint density at radius 1 is 1.28 bits per heavy atom. The van der Waals surface area contributed by atoms with Crippen LogP contribution in [0, 0.1) is 0 Å². The van der Waals surface area contributed by atoms with Crippen LogP contribution in [0.25, 0.3) is 0 Å². The Labute approximate surface area is 107 Å². The van der Waals surface area contributed by atoms with Gasteiger partial charge in [0.1, 0.15) is 17.5 Å². The highest BCUT2D eigenvalue weighted by Gasteiger charge is 2.24. The first kappa shape index (κ1) is 14.3. The van der Waals surface area contributed by atoms with Crippen molar-refractivity contribution in [1.29, 1.82) is 0 Å². The molecule has 0 heterocycles. The number of methoxy groups -OCH3 is 2. The largest absolute Gasteiger partial charge is 0.496 e. The van der Waals surface area contributed by atoms with Crippen molar-refractivity contribution in [2.24, 2.45) is 5.73 Å². The smallest absolute Gasteiger partial charge is 0.325 e. The van der Waals surface area contributed by atoms with Crippen molar-refractivity contribution < 1.29 is 19.4 Å². The monoisotopic (exact) mass is 253 g/mol. The van der Waals surface area contributed by atoms with Gasteiger partial charge in [0.05, 0.1) is 14.2 Å². The number of hydrogen-bond donors (Lipinski definition) is 2. The van der Waals surface area contributed by atoms with Gasteiger partial charge < -0.3 is 20.3 Å². The van der Waals surface area contributed by atoms with Gasteiger partial charge in [-0.2, -0.15) is 0 Å². The average molecular weight is 253 g/mol. The molecular formula is C13H19NO4. The van der Waals surface area contributed by atoms with Crippen LogP contribution >= 0.6 is 0 Å². The maximum atomic E-state index is 11.0. The number of aliphatic carboxylic acids is 1. The van der Waals surface area contributed by atoms with Gasteiger partial charge in [-0.05, 0) is 18.1 Å². The molecule has 1 aromatic carbocycles. The summed E-state index contributed by atoms with van der Waals surface area (Å²) in [6, 6.07) is 2.24. The molecule has 0 aliphatic heterocycles. The number of carboxylic acid groups (broad SMARTS) is 1. The summed E-state index contributed by atoms with van der Waals surface area (Å²) in [6.45, 7) is 3.97. The summed E-state index contributed by atoms with van der Waals surface area (Å²) >= 11 is 0. The first-order chi connectivity index (χ1) is 8.43. The average Bonchev–Trinajstić information content (AvgIpc) is 2.35. The molecule has 1 rings (SSSR count). The first-order valence-corrected chi connectivity index (χ1v) is 5.67. The van der Waals surface area contributed by atoms with E-state index in [0.717, 1.165) is 5.56 Å². The molecule has 0 bridgehead atoms. The highest BCUT2D eigenvalue weighted by atomic mass is 16.5. The topological polar surface area (TPSA) is 81.8 Å². The summed E-state index contributed by atoms with van der Waals surface area (Å²) in [4.78, 5) is 11.0. The maximum absolute atomic E-state index is 11.0. The number of carboxylic acids is 1. The lowest BCUT2D eigenvalue weighted by Gasteiger charge is -2.20. The van der Waals surface area contributed by atoms with Gasteiger partial charge in [0, 0.05) is 11.1 Å². The molecule has 0 aromatic heterocycles. The lowest BCUT2D eigenvalue weighted by Crippen LogP contribution is -2.22. The Morgan fingerprint density at radius 2 is 1.89 bits per heavy atom. The standard InChI is InChI=1S/C13H19NO4/c1-7(2)10-9(17-3)6-5-8(12(10)18-4)11(14)13(15)16/h5-7,11H,14H2,1-4H3,(H,15,16). The van der Waals surface area contributed by atoms with E-state index >= 15 is 0 Å². The van der Waals surface area contributed by atoms with Crippen molar-refractivity contribution in [2.75, 3.05) is 14.2 Å². The van der Waals surface area contributed by atoms with Gasteiger partial charge in [-0.3, -0.25) is 4.79 Å². The van der Waals surface area contributed by atoms with Crippen molar-refractivity contribution in [3.8, 4) is 11.5 Å². The fourth-order valence-corrected chi connectivity index (χ4v) is 1.93. The first-order valence-electron chi connectivity index (χ1n) is 5.67. The Kier molecular flexibility index (Phi) is 4.55. The van der Waals surface area contributed by atoms with E-state index in [0.29, 0.717) is 17.1 Å². The number of hydrogen-bond acceptors (Lipinski definition) is 4. The van der Waals surface area contributed by atoms with Crippen LogP contribution in [0.5, 0.6) is 11.5 Å². The van der Waals surface area contributed by atoms with Gasteiger partial charge in [0.2, 0.25) is 0 Å². The molecule has 0 amide bonds. The summed E-state index contributed by atoms with van der Waals surface area (Å²) in [5, 5.41) is 9.00. The van der Waals surface area contributed by atoms with Crippen LogP contribution in [0.3, 0.4) is 0 Å². The molecular weight excluding hydrogens is 234 g/mol. The van der Waals surface area contributed by atoms with Crippen LogP contribution in [-0.2, 0) is 4.79 Å². The lowest BCUT2D eigenvalue weighted by atomic mass is 9.95. The van der Waals surface area contributed by atoms with Crippen LogP contribution < -0.4 is 15.2 Å². The van der Waals surface area contributed by atoms with E-state index in [2.05, 4.69) is 0 Å². The predicted octanol–water partition coefficient (Wildman–Crippen LogP) is 1.91. The second kappa shape index (κ2) is 5.73. The summed E-state index contributed by atoms with van der Waals surface area (Å²) < 4.78 is 10.6. The zero-order valence-electron chi connectivity index (χ0n) is 11.1. The summed E-state index contributed by atoms with van der Waals surface area (Å²) in [5.74, 6) is 0.200. The highest BCUT2D eigenvalue weighted by molar-refractivity contribution is 5.77. The molecule has 0 saturated heterocycles. The molecule has 3 N–H and O–H groups in total. The Bertz CT molecular complexity index is 443.